The molecule has 1 aromatic carbocycles. The van der Waals surface area contributed by atoms with Crippen molar-refractivity contribution >= 4 is 68.4 Å². The molecule has 1 N–H and O–H groups in total. The first-order valence-electron chi connectivity index (χ1n) is 6.72. The van der Waals surface area contributed by atoms with Gasteiger partial charge in [0.05, 0.1) is 17.7 Å². The summed E-state index contributed by atoms with van der Waals surface area (Å²) >= 11 is 14.3. The van der Waals surface area contributed by atoms with Crippen LogP contribution in [0.15, 0.2) is 40.8 Å². The molecule has 1 aliphatic rings. The van der Waals surface area contributed by atoms with Gasteiger partial charge in [0.1, 0.15) is 10.2 Å². The third-order valence-electron chi connectivity index (χ3n) is 3.40. The third-order valence-corrected chi connectivity index (χ3v) is 4.55. The molecular formula is C15H10BrClN4O2S. The molecule has 9 heteroatoms. The van der Waals surface area contributed by atoms with Crippen LogP contribution in [0.5, 0.6) is 0 Å². The predicted octanol–water partition coefficient (Wildman–Crippen LogP) is 2.67. The Hall–Kier alpha value is -2.03. The van der Waals surface area contributed by atoms with Crippen LogP contribution >= 0.6 is 39.7 Å². The van der Waals surface area contributed by atoms with E-state index in [-0.39, 0.29) is 10.7 Å². The second-order valence-electron chi connectivity index (χ2n) is 4.97. The number of aromatic nitrogens is 2. The summed E-state index contributed by atoms with van der Waals surface area (Å²) < 4.78 is 2.22. The molecule has 1 fully saturated rings. The predicted molar refractivity (Wildman–Crippen MR) is 98.6 cm³/mol. The van der Waals surface area contributed by atoms with E-state index in [4.69, 9.17) is 23.8 Å². The molecule has 2 heterocycles. The van der Waals surface area contributed by atoms with E-state index in [2.05, 4.69) is 26.2 Å². The van der Waals surface area contributed by atoms with Gasteiger partial charge in [0.2, 0.25) is 0 Å². The standard InChI is InChI=1S/C15H10BrClN4O2S/c1-20-7-18-12(16)11(20)6-10-13(22)19-15(24)21(14(10)23)9-4-2-8(17)3-5-9/h2-7H,1H3,(H,19,22,24). The molecule has 24 heavy (non-hydrogen) atoms. The van der Waals surface area contributed by atoms with Crippen LogP contribution in [-0.2, 0) is 16.6 Å². The second kappa shape index (κ2) is 6.46. The fraction of sp³-hybridized carbons (Fsp3) is 0.0667. The van der Waals surface area contributed by atoms with Crippen molar-refractivity contribution in [1.82, 2.24) is 14.9 Å². The molecule has 3 rings (SSSR count). The SMILES string of the molecule is Cn1cnc(Br)c1C=C1C(=O)NC(=S)N(c2ccc(Cl)cc2)C1=O. The molecule has 1 saturated heterocycles. The summed E-state index contributed by atoms with van der Waals surface area (Å²) in [6.07, 6.45) is 3.04. The van der Waals surface area contributed by atoms with Crippen molar-refractivity contribution in [2.24, 2.45) is 7.05 Å². The summed E-state index contributed by atoms with van der Waals surface area (Å²) in [5.74, 6) is -1.07. The van der Waals surface area contributed by atoms with Crippen LogP contribution in [0.1, 0.15) is 5.69 Å². The molecule has 0 atom stereocenters. The first-order valence-corrected chi connectivity index (χ1v) is 8.30. The number of carbonyl (C=O) groups is 2. The number of thiocarbonyl (C=S) groups is 1. The van der Waals surface area contributed by atoms with Gasteiger partial charge in [0, 0.05) is 12.1 Å². The quantitative estimate of drug-likeness (QED) is 0.456. The smallest absolute Gasteiger partial charge is 0.270 e. The van der Waals surface area contributed by atoms with E-state index < -0.39 is 11.8 Å². The highest BCUT2D eigenvalue weighted by molar-refractivity contribution is 9.10. The van der Waals surface area contributed by atoms with E-state index in [9.17, 15) is 9.59 Å². The molecule has 0 unspecified atom stereocenters. The van der Waals surface area contributed by atoms with Crippen molar-refractivity contribution in [2.45, 2.75) is 0 Å². The maximum absolute atomic E-state index is 12.8. The maximum atomic E-state index is 12.8. The third kappa shape index (κ3) is 3.00. The van der Waals surface area contributed by atoms with Gasteiger partial charge >= 0.3 is 0 Å². The number of benzene rings is 1. The van der Waals surface area contributed by atoms with Crippen molar-refractivity contribution in [1.29, 1.82) is 0 Å². The average molecular weight is 426 g/mol. The minimum atomic E-state index is -0.552. The van der Waals surface area contributed by atoms with Gasteiger partial charge in [-0.1, -0.05) is 11.6 Å². The van der Waals surface area contributed by atoms with Crippen LogP contribution in [0.25, 0.3) is 6.08 Å². The van der Waals surface area contributed by atoms with Gasteiger partial charge in [-0.25, -0.2) is 4.98 Å². The first-order chi connectivity index (χ1) is 11.4. The van der Waals surface area contributed by atoms with Gasteiger partial charge < -0.3 is 4.57 Å². The van der Waals surface area contributed by atoms with Crippen LogP contribution in [-0.4, -0.2) is 26.5 Å². The number of hydrogen-bond acceptors (Lipinski definition) is 4. The molecule has 1 aromatic heterocycles. The summed E-state index contributed by atoms with van der Waals surface area (Å²) in [7, 11) is 1.76. The molecule has 1 aliphatic heterocycles. The number of amides is 2. The summed E-state index contributed by atoms with van der Waals surface area (Å²) in [6, 6.07) is 6.60. The summed E-state index contributed by atoms with van der Waals surface area (Å²) in [5.41, 5.74) is 1.07. The number of hydrogen-bond donors (Lipinski definition) is 1. The lowest BCUT2D eigenvalue weighted by Crippen LogP contribution is -2.54. The van der Waals surface area contributed by atoms with Gasteiger partial charge in [-0.15, -0.1) is 0 Å². The van der Waals surface area contributed by atoms with E-state index in [0.717, 1.165) is 0 Å². The van der Waals surface area contributed by atoms with E-state index in [1.807, 2.05) is 0 Å². The van der Waals surface area contributed by atoms with Crippen molar-refractivity contribution < 1.29 is 9.59 Å². The fourth-order valence-corrected chi connectivity index (χ4v) is 3.08. The molecule has 2 aromatic rings. The Balaban J connectivity index is 2.05. The van der Waals surface area contributed by atoms with E-state index in [0.29, 0.717) is 21.0 Å². The van der Waals surface area contributed by atoms with Crippen molar-refractivity contribution in [2.75, 3.05) is 4.90 Å². The zero-order valence-corrected chi connectivity index (χ0v) is 15.4. The first kappa shape index (κ1) is 16.8. The molecule has 6 nitrogen and oxygen atoms in total. The van der Waals surface area contributed by atoms with Crippen molar-refractivity contribution in [3.05, 3.63) is 51.5 Å². The average Bonchev–Trinajstić information content (AvgIpc) is 2.84. The highest BCUT2D eigenvalue weighted by Gasteiger charge is 2.34. The maximum Gasteiger partial charge on any atom is 0.270 e. The topological polar surface area (TPSA) is 67.2 Å². The molecule has 0 aliphatic carbocycles. The van der Waals surface area contributed by atoms with E-state index in [1.54, 1.807) is 42.2 Å². The minimum absolute atomic E-state index is 0.0218. The Morgan fingerprint density at radius 1 is 1.29 bits per heavy atom. The second-order valence-corrected chi connectivity index (χ2v) is 6.54. The number of carbonyl (C=O) groups excluding carboxylic acids is 2. The highest BCUT2D eigenvalue weighted by Crippen LogP contribution is 2.25. The lowest BCUT2D eigenvalue weighted by atomic mass is 10.1. The number of anilines is 1. The van der Waals surface area contributed by atoms with Gasteiger partial charge in [0.25, 0.3) is 11.8 Å². The molecule has 0 spiro atoms. The minimum Gasteiger partial charge on any atom is -0.333 e. The van der Waals surface area contributed by atoms with Crippen molar-refractivity contribution in [3.8, 4) is 0 Å². The van der Waals surface area contributed by atoms with Crippen molar-refractivity contribution in [3.63, 3.8) is 0 Å². The largest absolute Gasteiger partial charge is 0.333 e. The Bertz CT molecular complexity index is 872. The summed E-state index contributed by atoms with van der Waals surface area (Å²) in [5, 5.41) is 3.08. The van der Waals surface area contributed by atoms with Gasteiger partial charge in [-0.2, -0.15) is 0 Å². The number of imidazole rings is 1. The molecular weight excluding hydrogens is 416 g/mol. The Morgan fingerprint density at radius 2 is 1.96 bits per heavy atom. The van der Waals surface area contributed by atoms with Crippen LogP contribution in [0, 0.1) is 0 Å². The fourth-order valence-electron chi connectivity index (χ4n) is 2.19. The number of rotatable bonds is 2. The van der Waals surface area contributed by atoms with E-state index >= 15 is 0 Å². The van der Waals surface area contributed by atoms with Gasteiger partial charge in [-0.3, -0.25) is 19.8 Å². The van der Waals surface area contributed by atoms with Crippen LogP contribution in [0.2, 0.25) is 5.02 Å². The number of nitrogens with one attached hydrogen (secondary N) is 1. The molecule has 0 saturated carbocycles. The Labute approximate surface area is 156 Å². The van der Waals surface area contributed by atoms with Crippen LogP contribution in [0.4, 0.5) is 5.69 Å². The van der Waals surface area contributed by atoms with Gasteiger partial charge in [-0.05, 0) is 58.5 Å². The van der Waals surface area contributed by atoms with Crippen LogP contribution < -0.4 is 10.2 Å². The normalized spacial score (nSPS) is 16.7. The van der Waals surface area contributed by atoms with E-state index in [1.165, 1.54) is 11.0 Å². The molecule has 2 amide bonds. The number of halogens is 2. The lowest BCUT2D eigenvalue weighted by molar-refractivity contribution is -0.122. The number of aryl methyl sites for hydroxylation is 1. The highest BCUT2D eigenvalue weighted by atomic mass is 79.9. The zero-order chi connectivity index (χ0) is 17.4. The zero-order valence-electron chi connectivity index (χ0n) is 12.3. The monoisotopic (exact) mass is 424 g/mol. The van der Waals surface area contributed by atoms with Gasteiger partial charge in [0.15, 0.2) is 5.11 Å². The summed E-state index contributed by atoms with van der Waals surface area (Å²) in [6.45, 7) is 0. The number of nitrogens with zero attached hydrogens (tertiary/aromatic N) is 3. The molecule has 122 valence electrons. The lowest BCUT2D eigenvalue weighted by Gasteiger charge is -2.28. The molecule has 0 bridgehead atoms. The van der Waals surface area contributed by atoms with Crippen LogP contribution in [0.3, 0.4) is 0 Å². The Kier molecular flexibility index (Phi) is 4.53. The molecule has 0 radical (unpaired) electrons. The Morgan fingerprint density at radius 3 is 2.54 bits per heavy atom. The summed E-state index contributed by atoms with van der Waals surface area (Å²) in [4.78, 5) is 30.4.